The second-order valence-electron chi connectivity index (χ2n) is 7.14. The maximum Gasteiger partial charge on any atom is -0.0205 e. The quantitative estimate of drug-likeness (QED) is 0.361. The van der Waals surface area contributed by atoms with Crippen molar-refractivity contribution in [3.63, 3.8) is 0 Å². The first kappa shape index (κ1) is 16.6. The van der Waals surface area contributed by atoms with Gasteiger partial charge in [0.2, 0.25) is 0 Å². The van der Waals surface area contributed by atoms with Gasteiger partial charge in [0.1, 0.15) is 0 Å². The van der Waals surface area contributed by atoms with Crippen LogP contribution in [0.15, 0.2) is 37.0 Å². The van der Waals surface area contributed by atoms with Gasteiger partial charge >= 0.3 is 0 Å². The first-order chi connectivity index (χ1) is 10.3. The molecule has 0 radical (unpaired) electrons. The fourth-order valence-electron chi connectivity index (χ4n) is 4.17. The van der Waals surface area contributed by atoms with Crippen LogP contribution in [0.2, 0.25) is 0 Å². The molecule has 0 amide bonds. The van der Waals surface area contributed by atoms with E-state index in [2.05, 4.69) is 37.8 Å². The topological polar surface area (TPSA) is 0 Å². The van der Waals surface area contributed by atoms with E-state index in [1.54, 1.807) is 0 Å². The summed E-state index contributed by atoms with van der Waals surface area (Å²) in [6, 6.07) is 0. The monoisotopic (exact) mass is 286 g/mol. The zero-order valence-corrected chi connectivity index (χ0v) is 14.0. The second-order valence-corrected chi connectivity index (χ2v) is 7.14. The molecule has 2 aliphatic carbocycles. The molecule has 0 aromatic rings. The van der Waals surface area contributed by atoms with Crippen molar-refractivity contribution in [1.82, 2.24) is 0 Å². The third-order valence-corrected chi connectivity index (χ3v) is 5.53. The molecule has 2 rings (SSSR count). The highest BCUT2D eigenvalue weighted by molar-refractivity contribution is 5.01. The lowest BCUT2D eigenvalue weighted by molar-refractivity contribution is 0.230. The van der Waals surface area contributed by atoms with Gasteiger partial charge in [0.15, 0.2) is 0 Å². The van der Waals surface area contributed by atoms with E-state index in [4.69, 9.17) is 0 Å². The lowest BCUT2D eigenvalue weighted by atomic mass is 9.71. The van der Waals surface area contributed by atoms with Crippen LogP contribution in [0.1, 0.15) is 71.1 Å². The molecule has 0 aliphatic heterocycles. The van der Waals surface area contributed by atoms with Crippen LogP contribution in [-0.4, -0.2) is 0 Å². The van der Waals surface area contributed by atoms with E-state index >= 15 is 0 Å². The lowest BCUT2D eigenvalue weighted by Gasteiger charge is -2.34. The molecule has 0 nitrogen and oxygen atoms in total. The Morgan fingerprint density at radius 3 is 2.43 bits per heavy atom. The molecule has 2 unspecified atom stereocenters. The van der Waals surface area contributed by atoms with Crippen molar-refractivity contribution in [3.8, 4) is 0 Å². The fourth-order valence-corrected chi connectivity index (χ4v) is 4.17. The van der Waals surface area contributed by atoms with Crippen LogP contribution >= 0.6 is 0 Å². The van der Waals surface area contributed by atoms with Gasteiger partial charge in [-0.1, -0.05) is 43.7 Å². The highest BCUT2D eigenvalue weighted by atomic mass is 14.3. The molecule has 21 heavy (non-hydrogen) atoms. The Kier molecular flexibility index (Phi) is 7.33. The lowest BCUT2D eigenvalue weighted by Crippen LogP contribution is -2.22. The third kappa shape index (κ3) is 5.49. The van der Waals surface area contributed by atoms with Gasteiger partial charge in [0, 0.05) is 0 Å². The summed E-state index contributed by atoms with van der Waals surface area (Å²) in [6.45, 7) is 6.09. The minimum absolute atomic E-state index is 0.853. The average Bonchev–Trinajstić information content (AvgIpc) is 2.53. The number of allylic oxidation sites excluding steroid dienone is 5. The minimum atomic E-state index is 0.853. The van der Waals surface area contributed by atoms with E-state index in [0.717, 1.165) is 30.1 Å². The molecule has 0 N–H and O–H groups in total. The number of unbranched alkanes of at least 4 members (excludes halogenated alkanes) is 1. The molecule has 0 bridgehead atoms. The average molecular weight is 287 g/mol. The summed E-state index contributed by atoms with van der Waals surface area (Å²) in [5, 5.41) is 0. The Labute approximate surface area is 132 Å². The highest BCUT2D eigenvalue weighted by Gasteiger charge is 2.27. The van der Waals surface area contributed by atoms with Gasteiger partial charge in [-0.15, -0.1) is 6.58 Å². The Morgan fingerprint density at radius 2 is 1.81 bits per heavy atom. The Bertz CT molecular complexity index is 341. The second kappa shape index (κ2) is 9.28. The summed E-state index contributed by atoms with van der Waals surface area (Å²) in [6.07, 6.45) is 25.6. The van der Waals surface area contributed by atoms with Gasteiger partial charge < -0.3 is 0 Å². The van der Waals surface area contributed by atoms with Gasteiger partial charge in [0.05, 0.1) is 0 Å². The minimum Gasteiger partial charge on any atom is -0.103 e. The van der Waals surface area contributed by atoms with Gasteiger partial charge in [-0.25, -0.2) is 0 Å². The van der Waals surface area contributed by atoms with E-state index < -0.39 is 0 Å². The SMILES string of the molecule is C=CCCC=CC1CCC(C2C=CC(CCC)CC2)CC1. The normalized spacial score (nSPS) is 33.4. The molecular formula is C21H34. The summed E-state index contributed by atoms with van der Waals surface area (Å²) < 4.78 is 0. The highest BCUT2D eigenvalue weighted by Crippen LogP contribution is 2.39. The van der Waals surface area contributed by atoms with Crippen molar-refractivity contribution in [2.45, 2.75) is 71.1 Å². The van der Waals surface area contributed by atoms with Gasteiger partial charge in [0.25, 0.3) is 0 Å². The van der Waals surface area contributed by atoms with E-state index in [1.165, 1.54) is 57.8 Å². The predicted molar refractivity (Wildman–Crippen MR) is 94.3 cm³/mol. The van der Waals surface area contributed by atoms with E-state index in [0.29, 0.717) is 0 Å². The zero-order chi connectivity index (χ0) is 14.9. The van der Waals surface area contributed by atoms with Crippen molar-refractivity contribution in [3.05, 3.63) is 37.0 Å². The van der Waals surface area contributed by atoms with Gasteiger partial charge in [-0.3, -0.25) is 0 Å². The van der Waals surface area contributed by atoms with Crippen molar-refractivity contribution >= 4 is 0 Å². The maximum atomic E-state index is 3.78. The zero-order valence-electron chi connectivity index (χ0n) is 14.0. The number of rotatable bonds is 7. The molecule has 0 heteroatoms. The fraction of sp³-hybridized carbons (Fsp3) is 0.714. The van der Waals surface area contributed by atoms with Crippen LogP contribution in [0.4, 0.5) is 0 Å². The van der Waals surface area contributed by atoms with E-state index in [-0.39, 0.29) is 0 Å². The summed E-state index contributed by atoms with van der Waals surface area (Å²) in [5.41, 5.74) is 0. The van der Waals surface area contributed by atoms with Crippen LogP contribution in [0.5, 0.6) is 0 Å². The molecule has 0 aromatic heterocycles. The molecule has 0 saturated heterocycles. The molecule has 118 valence electrons. The van der Waals surface area contributed by atoms with E-state index in [9.17, 15) is 0 Å². The van der Waals surface area contributed by atoms with Crippen LogP contribution in [0.3, 0.4) is 0 Å². The molecule has 0 heterocycles. The molecule has 1 saturated carbocycles. The van der Waals surface area contributed by atoms with Crippen molar-refractivity contribution in [2.75, 3.05) is 0 Å². The first-order valence-corrected chi connectivity index (χ1v) is 9.29. The van der Waals surface area contributed by atoms with Gasteiger partial charge in [-0.05, 0) is 81.5 Å². The predicted octanol–water partition coefficient (Wildman–Crippen LogP) is 6.70. The molecule has 0 aromatic carbocycles. The molecule has 1 fully saturated rings. The van der Waals surface area contributed by atoms with E-state index in [1.807, 2.05) is 6.08 Å². The van der Waals surface area contributed by atoms with Crippen LogP contribution in [0.25, 0.3) is 0 Å². The summed E-state index contributed by atoms with van der Waals surface area (Å²) >= 11 is 0. The van der Waals surface area contributed by atoms with Crippen LogP contribution < -0.4 is 0 Å². The van der Waals surface area contributed by atoms with Gasteiger partial charge in [-0.2, -0.15) is 0 Å². The molecule has 0 spiro atoms. The van der Waals surface area contributed by atoms with Crippen molar-refractivity contribution in [2.24, 2.45) is 23.7 Å². The largest absolute Gasteiger partial charge is 0.103 e. The molecular weight excluding hydrogens is 252 g/mol. The Balaban J connectivity index is 1.70. The standard InChI is InChI=1S/C21H34/c1-3-5-6-7-9-19-12-16-21(17-13-19)20-14-10-18(8-4-2)11-15-20/h3,7,9-10,14,18-21H,1,4-6,8,11-13,15-17H2,2H3. The Hall–Kier alpha value is -0.780. The molecule has 2 atom stereocenters. The van der Waals surface area contributed by atoms with Crippen molar-refractivity contribution in [1.29, 1.82) is 0 Å². The first-order valence-electron chi connectivity index (χ1n) is 9.29. The van der Waals surface area contributed by atoms with Crippen LogP contribution in [0, 0.1) is 23.7 Å². The Morgan fingerprint density at radius 1 is 1.00 bits per heavy atom. The maximum absolute atomic E-state index is 3.78. The number of hydrogen-bond acceptors (Lipinski definition) is 0. The van der Waals surface area contributed by atoms with Crippen molar-refractivity contribution < 1.29 is 0 Å². The summed E-state index contributed by atoms with van der Waals surface area (Å²) in [5.74, 6) is 3.60. The summed E-state index contributed by atoms with van der Waals surface area (Å²) in [7, 11) is 0. The number of hydrogen-bond donors (Lipinski definition) is 0. The smallest absolute Gasteiger partial charge is 0.0205 e. The van der Waals surface area contributed by atoms with Crippen LogP contribution in [-0.2, 0) is 0 Å². The molecule has 2 aliphatic rings. The third-order valence-electron chi connectivity index (χ3n) is 5.53. The summed E-state index contributed by atoms with van der Waals surface area (Å²) in [4.78, 5) is 0.